The van der Waals surface area contributed by atoms with Crippen LogP contribution in [-0.4, -0.2) is 36.5 Å². The number of carbonyl (C=O) groups is 1. The summed E-state index contributed by atoms with van der Waals surface area (Å²) >= 11 is 4.57. The minimum Gasteiger partial charge on any atom is -0.507 e. The number of nitro benzene ring substituents is 1. The fourth-order valence-corrected chi connectivity index (χ4v) is 4.36. The highest BCUT2D eigenvalue weighted by Crippen LogP contribution is 2.34. The van der Waals surface area contributed by atoms with Crippen LogP contribution in [0.15, 0.2) is 76.4 Å². The Labute approximate surface area is 207 Å². The van der Waals surface area contributed by atoms with Crippen molar-refractivity contribution in [3.05, 3.63) is 86.9 Å². The van der Waals surface area contributed by atoms with Crippen LogP contribution in [0.4, 0.5) is 11.4 Å². The average molecular weight is 540 g/mol. The predicted octanol–water partition coefficient (Wildman–Crippen LogP) is 5.35. The highest BCUT2D eigenvalue weighted by molar-refractivity contribution is 9.10. The lowest BCUT2D eigenvalue weighted by atomic mass is 10.2. The number of hydrogen-bond donors (Lipinski definition) is 2. The summed E-state index contributed by atoms with van der Waals surface area (Å²) in [6, 6.07) is 18.9. The number of nitro groups is 1. The van der Waals surface area contributed by atoms with Crippen LogP contribution in [0.5, 0.6) is 5.75 Å². The third-order valence-electron chi connectivity index (χ3n) is 4.87. The smallest absolute Gasteiger partial charge is 0.274 e. The van der Waals surface area contributed by atoms with E-state index in [1.165, 1.54) is 6.07 Å². The highest BCUT2D eigenvalue weighted by atomic mass is 79.9. The van der Waals surface area contributed by atoms with E-state index in [-0.39, 0.29) is 23.1 Å². The number of aromatic nitrogens is 3. The molecule has 1 amide bonds. The monoisotopic (exact) mass is 539 g/mol. The summed E-state index contributed by atoms with van der Waals surface area (Å²) in [7, 11) is 0. The van der Waals surface area contributed by atoms with Crippen LogP contribution in [0, 0.1) is 17.0 Å². The van der Waals surface area contributed by atoms with Gasteiger partial charge in [-0.25, -0.2) is 0 Å². The molecule has 0 saturated carbocycles. The Kier molecular flexibility index (Phi) is 6.94. The first kappa shape index (κ1) is 23.5. The molecule has 0 aliphatic carbocycles. The number of anilines is 1. The summed E-state index contributed by atoms with van der Waals surface area (Å²) in [5.41, 5.74) is 2.03. The van der Waals surface area contributed by atoms with Gasteiger partial charge in [0.15, 0.2) is 11.0 Å². The van der Waals surface area contributed by atoms with Gasteiger partial charge < -0.3 is 10.4 Å². The fraction of sp³-hybridized carbons (Fsp3) is 0.0870. The standard InChI is InChI=1S/C23H18BrN5O4S/c1-14-7-9-16(12-19(14)29(32)33)25-21(31)13-34-23-27-26-22(18-11-15(24)8-10-20(18)30)28(23)17-5-3-2-4-6-17/h2-12,30H,13H2,1H3,(H,25,31). The molecule has 1 aromatic heterocycles. The number of para-hydroxylation sites is 1. The molecule has 0 fully saturated rings. The first-order valence-corrected chi connectivity index (χ1v) is 11.8. The summed E-state index contributed by atoms with van der Waals surface area (Å²) in [5.74, 6) is 0.111. The van der Waals surface area contributed by atoms with Gasteiger partial charge in [0.05, 0.1) is 16.2 Å². The number of thioether (sulfide) groups is 1. The van der Waals surface area contributed by atoms with Crippen molar-refractivity contribution < 1.29 is 14.8 Å². The minimum absolute atomic E-state index is 0.00287. The number of amides is 1. The Morgan fingerprint density at radius 3 is 2.65 bits per heavy atom. The molecule has 11 heteroatoms. The molecule has 172 valence electrons. The van der Waals surface area contributed by atoms with Gasteiger partial charge in [0.25, 0.3) is 5.69 Å². The van der Waals surface area contributed by atoms with Crippen LogP contribution in [0.1, 0.15) is 5.56 Å². The van der Waals surface area contributed by atoms with Crippen molar-refractivity contribution in [3.63, 3.8) is 0 Å². The number of benzene rings is 3. The number of aryl methyl sites for hydroxylation is 1. The van der Waals surface area contributed by atoms with E-state index in [9.17, 15) is 20.0 Å². The zero-order chi connectivity index (χ0) is 24.2. The van der Waals surface area contributed by atoms with Crippen LogP contribution >= 0.6 is 27.7 Å². The normalized spacial score (nSPS) is 10.8. The van der Waals surface area contributed by atoms with E-state index in [1.54, 1.807) is 41.8 Å². The largest absolute Gasteiger partial charge is 0.507 e. The molecular weight excluding hydrogens is 522 g/mol. The molecule has 4 aromatic rings. The first-order chi connectivity index (χ1) is 16.3. The Balaban J connectivity index is 1.60. The van der Waals surface area contributed by atoms with Gasteiger partial charge in [-0.3, -0.25) is 19.5 Å². The third kappa shape index (κ3) is 5.10. The SMILES string of the molecule is Cc1ccc(NC(=O)CSc2nnc(-c3cc(Br)ccc3O)n2-c2ccccc2)cc1[N+](=O)[O-]. The fourth-order valence-electron chi connectivity index (χ4n) is 3.25. The second kappa shape index (κ2) is 10.1. The maximum atomic E-state index is 12.6. The Morgan fingerprint density at radius 1 is 1.15 bits per heavy atom. The zero-order valence-electron chi connectivity index (χ0n) is 17.8. The number of aromatic hydroxyl groups is 1. The number of nitrogens with zero attached hydrogens (tertiary/aromatic N) is 4. The van der Waals surface area contributed by atoms with Gasteiger partial charge >= 0.3 is 0 Å². The van der Waals surface area contributed by atoms with Crippen molar-refractivity contribution in [2.45, 2.75) is 12.1 Å². The first-order valence-electron chi connectivity index (χ1n) is 10.0. The number of nitrogens with one attached hydrogen (secondary N) is 1. The van der Waals surface area contributed by atoms with E-state index in [1.807, 2.05) is 30.3 Å². The molecule has 0 saturated heterocycles. The zero-order valence-corrected chi connectivity index (χ0v) is 20.2. The number of carbonyl (C=O) groups excluding carboxylic acids is 1. The van der Waals surface area contributed by atoms with Crippen LogP contribution in [0.25, 0.3) is 17.1 Å². The number of phenols is 1. The molecule has 0 aliphatic heterocycles. The summed E-state index contributed by atoms with van der Waals surface area (Å²) in [4.78, 5) is 23.2. The molecule has 4 rings (SSSR count). The summed E-state index contributed by atoms with van der Waals surface area (Å²) < 4.78 is 2.53. The molecule has 0 aliphatic rings. The highest BCUT2D eigenvalue weighted by Gasteiger charge is 2.20. The maximum absolute atomic E-state index is 12.6. The van der Waals surface area contributed by atoms with Gasteiger partial charge in [-0.05, 0) is 43.3 Å². The number of rotatable bonds is 7. The molecule has 9 nitrogen and oxygen atoms in total. The summed E-state index contributed by atoms with van der Waals surface area (Å²) in [6.07, 6.45) is 0. The van der Waals surface area contributed by atoms with Crippen molar-refractivity contribution >= 4 is 45.0 Å². The molecule has 34 heavy (non-hydrogen) atoms. The molecule has 0 unspecified atom stereocenters. The van der Waals surface area contributed by atoms with E-state index in [4.69, 9.17) is 0 Å². The van der Waals surface area contributed by atoms with E-state index in [0.29, 0.717) is 27.8 Å². The van der Waals surface area contributed by atoms with Gasteiger partial charge in [-0.2, -0.15) is 0 Å². The molecule has 0 radical (unpaired) electrons. The van der Waals surface area contributed by atoms with Crippen LogP contribution in [0.3, 0.4) is 0 Å². The van der Waals surface area contributed by atoms with Crippen molar-refractivity contribution in [2.24, 2.45) is 0 Å². The minimum atomic E-state index is -0.485. The predicted molar refractivity (Wildman–Crippen MR) is 133 cm³/mol. The number of hydrogen-bond acceptors (Lipinski definition) is 7. The van der Waals surface area contributed by atoms with Crippen molar-refractivity contribution in [3.8, 4) is 22.8 Å². The molecule has 0 spiro atoms. The number of phenolic OH excluding ortho intramolecular Hbond substituents is 1. The van der Waals surface area contributed by atoms with Gasteiger partial charge in [0.2, 0.25) is 5.91 Å². The van der Waals surface area contributed by atoms with Crippen molar-refractivity contribution in [1.29, 1.82) is 0 Å². The lowest BCUT2D eigenvalue weighted by molar-refractivity contribution is -0.385. The van der Waals surface area contributed by atoms with Crippen LogP contribution in [0.2, 0.25) is 0 Å². The molecule has 1 heterocycles. The molecule has 3 aromatic carbocycles. The van der Waals surface area contributed by atoms with Crippen LogP contribution in [-0.2, 0) is 4.79 Å². The third-order valence-corrected chi connectivity index (χ3v) is 6.29. The van der Waals surface area contributed by atoms with Crippen molar-refractivity contribution in [1.82, 2.24) is 14.8 Å². The van der Waals surface area contributed by atoms with E-state index < -0.39 is 4.92 Å². The second-order valence-corrected chi connectivity index (χ2v) is 9.09. The lowest BCUT2D eigenvalue weighted by Crippen LogP contribution is -2.15. The number of halogens is 1. The quantitative estimate of drug-likeness (QED) is 0.184. The Hall–Kier alpha value is -3.70. The Morgan fingerprint density at radius 2 is 1.91 bits per heavy atom. The summed E-state index contributed by atoms with van der Waals surface area (Å²) in [6.45, 7) is 1.64. The van der Waals surface area contributed by atoms with E-state index in [2.05, 4.69) is 31.4 Å². The molecular formula is C23H18BrN5O4S. The lowest BCUT2D eigenvalue weighted by Gasteiger charge is -2.11. The average Bonchev–Trinajstić information content (AvgIpc) is 3.24. The van der Waals surface area contributed by atoms with E-state index in [0.717, 1.165) is 21.9 Å². The summed E-state index contributed by atoms with van der Waals surface area (Å²) in [5, 5.41) is 33.2. The van der Waals surface area contributed by atoms with Crippen molar-refractivity contribution in [2.75, 3.05) is 11.1 Å². The van der Waals surface area contributed by atoms with Gasteiger partial charge in [0.1, 0.15) is 5.75 Å². The molecule has 0 atom stereocenters. The molecule has 2 N–H and O–H groups in total. The van der Waals surface area contributed by atoms with Crippen LogP contribution < -0.4 is 5.32 Å². The maximum Gasteiger partial charge on any atom is 0.274 e. The van der Waals surface area contributed by atoms with Gasteiger partial charge in [0, 0.05) is 27.5 Å². The molecule has 0 bridgehead atoms. The van der Waals surface area contributed by atoms with Gasteiger partial charge in [-0.1, -0.05) is 52.0 Å². The topological polar surface area (TPSA) is 123 Å². The Bertz CT molecular complexity index is 1380. The van der Waals surface area contributed by atoms with E-state index >= 15 is 0 Å². The van der Waals surface area contributed by atoms with Gasteiger partial charge in [-0.15, -0.1) is 10.2 Å². The second-order valence-electron chi connectivity index (χ2n) is 7.23.